The Kier molecular flexibility index (Phi) is 9.06. The maximum absolute atomic E-state index is 12.6. The molecule has 2 fully saturated rings. The number of aryl methyl sites for hydroxylation is 1. The van der Waals surface area contributed by atoms with Crippen LogP contribution in [-0.2, 0) is 9.47 Å². The van der Waals surface area contributed by atoms with Crippen LogP contribution in [0.25, 0.3) is 5.57 Å². The molecule has 2 saturated heterocycles. The predicted molar refractivity (Wildman–Crippen MR) is 156 cm³/mol. The van der Waals surface area contributed by atoms with E-state index < -0.39 is 5.79 Å². The molecule has 0 saturated carbocycles. The van der Waals surface area contributed by atoms with Gasteiger partial charge < -0.3 is 19.9 Å². The number of hydrogen-bond acceptors (Lipinski definition) is 5. The van der Waals surface area contributed by atoms with Crippen LogP contribution in [0.15, 0.2) is 59.7 Å². The number of allylic oxidation sites excluding steroid dienone is 2. The molecule has 5 nitrogen and oxygen atoms in total. The number of anilines is 1. The Balaban J connectivity index is 1.45. The first-order chi connectivity index (χ1) is 19.0. The third kappa shape index (κ3) is 6.56. The maximum Gasteiger partial charge on any atom is 0.172 e. The molecule has 0 bridgehead atoms. The lowest BCUT2D eigenvalue weighted by atomic mass is 9.81. The van der Waals surface area contributed by atoms with Crippen LogP contribution in [-0.4, -0.2) is 56.3 Å². The summed E-state index contributed by atoms with van der Waals surface area (Å²) in [4.78, 5) is 2.30. The number of nitrogen functional groups attached to an aromatic ring is 1. The van der Waals surface area contributed by atoms with Crippen molar-refractivity contribution in [2.24, 2.45) is 0 Å². The molecule has 2 aliphatic heterocycles. The van der Waals surface area contributed by atoms with Gasteiger partial charge in [0.15, 0.2) is 5.79 Å². The molecule has 5 rings (SSSR count). The van der Waals surface area contributed by atoms with Gasteiger partial charge in [0, 0.05) is 38.2 Å². The summed E-state index contributed by atoms with van der Waals surface area (Å²) in [7, 11) is 0. The molecule has 2 aromatic rings. The Bertz CT molecular complexity index is 1180. The summed E-state index contributed by atoms with van der Waals surface area (Å²) >= 11 is 0. The number of rotatable bonds is 10. The van der Waals surface area contributed by atoms with Crippen molar-refractivity contribution in [3.63, 3.8) is 0 Å². The molecule has 2 heterocycles. The van der Waals surface area contributed by atoms with Crippen molar-refractivity contribution in [3.8, 4) is 5.75 Å². The van der Waals surface area contributed by atoms with Gasteiger partial charge in [0.05, 0.1) is 19.9 Å². The number of likely N-dealkylation sites (tertiary alicyclic amines) is 1. The van der Waals surface area contributed by atoms with Crippen LogP contribution in [0.3, 0.4) is 0 Å². The number of nitrogens with zero attached hydrogens (tertiary/aromatic N) is 1. The molecule has 1 unspecified atom stereocenters. The zero-order valence-electron chi connectivity index (χ0n) is 23.5. The van der Waals surface area contributed by atoms with E-state index in [9.17, 15) is 4.39 Å². The molecule has 1 spiro atoms. The van der Waals surface area contributed by atoms with Gasteiger partial charge in [-0.05, 0) is 90.3 Å². The van der Waals surface area contributed by atoms with Crippen LogP contribution < -0.4 is 10.5 Å². The van der Waals surface area contributed by atoms with E-state index in [1.165, 1.54) is 33.4 Å². The van der Waals surface area contributed by atoms with E-state index in [0.717, 1.165) is 69.6 Å². The van der Waals surface area contributed by atoms with Crippen molar-refractivity contribution in [1.82, 2.24) is 4.90 Å². The smallest absolute Gasteiger partial charge is 0.172 e. The molecule has 0 amide bonds. The van der Waals surface area contributed by atoms with Crippen LogP contribution in [0, 0.1) is 6.92 Å². The molecule has 1 aliphatic carbocycles. The van der Waals surface area contributed by atoms with Gasteiger partial charge in [-0.2, -0.15) is 0 Å². The van der Waals surface area contributed by atoms with Crippen molar-refractivity contribution < 1.29 is 18.6 Å². The van der Waals surface area contributed by atoms with E-state index in [4.69, 9.17) is 19.9 Å². The minimum absolute atomic E-state index is 0.153. The highest BCUT2D eigenvalue weighted by atomic mass is 19.1. The Hall–Kier alpha value is -2.67. The first kappa shape index (κ1) is 27.9. The van der Waals surface area contributed by atoms with Gasteiger partial charge in [-0.15, -0.1) is 0 Å². The number of nitrogens with two attached hydrogens (primary N) is 1. The van der Waals surface area contributed by atoms with Crippen molar-refractivity contribution in [1.29, 1.82) is 0 Å². The predicted octanol–water partition coefficient (Wildman–Crippen LogP) is 6.85. The summed E-state index contributed by atoms with van der Waals surface area (Å²) in [6, 6.07) is 14.8. The number of halogens is 1. The van der Waals surface area contributed by atoms with Gasteiger partial charge in [0.1, 0.15) is 11.9 Å². The molecule has 6 heteroatoms. The fraction of sp³-hybridized carbons (Fsp3) is 0.515. The summed E-state index contributed by atoms with van der Waals surface area (Å²) in [6.45, 7) is 8.14. The number of ether oxygens (including phenoxy) is 3. The Labute approximate surface area is 232 Å². The maximum atomic E-state index is 12.6. The van der Waals surface area contributed by atoms with Gasteiger partial charge >= 0.3 is 0 Å². The summed E-state index contributed by atoms with van der Waals surface area (Å²) in [6.07, 6.45) is 8.75. The van der Waals surface area contributed by atoms with Gasteiger partial charge in [-0.25, -0.2) is 0 Å². The molecule has 2 N–H and O–H groups in total. The zero-order chi connectivity index (χ0) is 27.2. The molecular weight excluding hydrogens is 491 g/mol. The van der Waals surface area contributed by atoms with Crippen molar-refractivity contribution >= 4 is 11.3 Å². The lowest BCUT2D eigenvalue weighted by molar-refractivity contribution is -0.161. The number of hydrogen-bond donors (Lipinski definition) is 1. The molecule has 0 radical (unpaired) electrons. The fourth-order valence-electron chi connectivity index (χ4n) is 6.27. The lowest BCUT2D eigenvalue weighted by Gasteiger charge is -2.32. The monoisotopic (exact) mass is 534 g/mol. The minimum atomic E-state index is -0.432. The first-order valence-electron chi connectivity index (χ1n) is 14.6. The van der Waals surface area contributed by atoms with Crippen LogP contribution in [0.5, 0.6) is 5.75 Å². The summed E-state index contributed by atoms with van der Waals surface area (Å²) < 4.78 is 30.9. The largest absolute Gasteiger partial charge is 0.489 e. The van der Waals surface area contributed by atoms with Crippen LogP contribution in [0.2, 0.25) is 0 Å². The van der Waals surface area contributed by atoms with Crippen LogP contribution in [0.1, 0.15) is 68.6 Å². The fourth-order valence-corrected chi connectivity index (χ4v) is 6.27. The quantitative estimate of drug-likeness (QED) is 0.338. The zero-order valence-corrected chi connectivity index (χ0v) is 23.5. The highest BCUT2D eigenvalue weighted by Crippen LogP contribution is 2.42. The SMILES string of the molecule is CCC/C(C1=CCC2(CC1)OCCO2)=C(/c1ccc(OC2CCN(CCCF)C2)cc1)c1ccc(N)cc1C. The second-order valence-corrected chi connectivity index (χ2v) is 11.1. The Morgan fingerprint density at radius 1 is 1.15 bits per heavy atom. The molecular formula is C33H43FN2O3. The van der Waals surface area contributed by atoms with Crippen LogP contribution in [0.4, 0.5) is 10.1 Å². The Morgan fingerprint density at radius 3 is 2.62 bits per heavy atom. The van der Waals surface area contributed by atoms with Gasteiger partial charge in [0.2, 0.25) is 0 Å². The standard InChI is InChI=1S/C33H43FN2O3/c1-3-5-31(25-12-15-33(16-13-25)37-20-21-38-33)32(30-11-8-27(35)22-24(30)2)26-6-9-28(10-7-26)39-29-14-19-36(23-29)18-4-17-34/h6-12,22,29H,3-5,13-21,23,35H2,1-2H3/b32-31+. The normalized spacial score (nSPS) is 21.7. The second kappa shape index (κ2) is 12.7. The van der Waals surface area contributed by atoms with E-state index in [0.29, 0.717) is 19.6 Å². The van der Waals surface area contributed by atoms with Gasteiger partial charge in [-0.1, -0.05) is 37.6 Å². The van der Waals surface area contributed by atoms with Gasteiger partial charge in [-0.3, -0.25) is 9.29 Å². The van der Waals surface area contributed by atoms with Gasteiger partial charge in [0.25, 0.3) is 0 Å². The van der Waals surface area contributed by atoms with E-state index in [1.807, 2.05) is 6.07 Å². The highest BCUT2D eigenvalue weighted by molar-refractivity contribution is 5.86. The van der Waals surface area contributed by atoms with E-state index in [1.54, 1.807) is 0 Å². The summed E-state index contributed by atoms with van der Waals surface area (Å²) in [5, 5.41) is 0. The average Bonchev–Trinajstić information content (AvgIpc) is 3.59. The minimum Gasteiger partial charge on any atom is -0.489 e. The summed E-state index contributed by atoms with van der Waals surface area (Å²) in [5.74, 6) is 0.453. The molecule has 39 heavy (non-hydrogen) atoms. The lowest BCUT2D eigenvalue weighted by Crippen LogP contribution is -2.32. The van der Waals surface area contributed by atoms with E-state index in [-0.39, 0.29) is 12.8 Å². The van der Waals surface area contributed by atoms with Crippen molar-refractivity contribution in [3.05, 3.63) is 76.4 Å². The van der Waals surface area contributed by atoms with Crippen molar-refractivity contribution in [2.75, 3.05) is 45.3 Å². The molecule has 0 aromatic heterocycles. The molecule has 2 aromatic carbocycles. The third-order valence-corrected chi connectivity index (χ3v) is 8.24. The topological polar surface area (TPSA) is 57.0 Å². The summed E-state index contributed by atoms with van der Waals surface area (Å²) in [5.41, 5.74) is 14.6. The Morgan fingerprint density at radius 2 is 1.95 bits per heavy atom. The number of benzene rings is 2. The highest BCUT2D eigenvalue weighted by Gasteiger charge is 2.38. The molecule has 1 atom stereocenters. The van der Waals surface area contributed by atoms with Crippen LogP contribution >= 0.6 is 0 Å². The first-order valence-corrected chi connectivity index (χ1v) is 14.6. The average molecular weight is 535 g/mol. The number of alkyl halides is 1. The second-order valence-electron chi connectivity index (χ2n) is 11.1. The third-order valence-electron chi connectivity index (χ3n) is 8.24. The van der Waals surface area contributed by atoms with E-state index >= 15 is 0 Å². The van der Waals surface area contributed by atoms with Crippen molar-refractivity contribution in [2.45, 2.75) is 70.7 Å². The molecule has 210 valence electrons. The molecule has 3 aliphatic rings. The van der Waals surface area contributed by atoms with E-state index in [2.05, 4.69) is 61.2 Å².